The number of unbranched alkanes of at least 4 members (excludes halogenated alkanes) is 2. The van der Waals surface area contributed by atoms with Crippen molar-refractivity contribution in [3.8, 4) is 0 Å². The minimum atomic E-state index is 0. The van der Waals surface area contributed by atoms with Crippen LogP contribution in [0.15, 0.2) is 34.4 Å². The molecule has 0 atom stereocenters. The summed E-state index contributed by atoms with van der Waals surface area (Å²) in [7, 11) is 0. The summed E-state index contributed by atoms with van der Waals surface area (Å²) in [4.78, 5) is 0. The van der Waals surface area contributed by atoms with Gasteiger partial charge in [-0.2, -0.15) is 12.2 Å². The third kappa shape index (κ3) is 11.6. The van der Waals surface area contributed by atoms with Gasteiger partial charge in [0.05, 0.1) is 0 Å². The maximum Gasteiger partial charge on any atom is 4.00 e. The van der Waals surface area contributed by atoms with Crippen molar-refractivity contribution in [1.82, 2.24) is 0 Å². The molecule has 0 aliphatic heterocycles. The average Bonchev–Trinajstić information content (AvgIpc) is 3.04. The van der Waals surface area contributed by atoms with Crippen molar-refractivity contribution in [2.45, 2.75) is 79.1 Å². The van der Waals surface area contributed by atoms with Crippen molar-refractivity contribution in [3.63, 3.8) is 0 Å². The summed E-state index contributed by atoms with van der Waals surface area (Å²) in [6.07, 6.45) is 20.9. The molecular formula is C20H30Cl2Zr. The Hall–Kier alpha value is 0.423. The fourth-order valence-electron chi connectivity index (χ4n) is 2.40. The number of allylic oxidation sites excluding steroid dienone is 8. The predicted molar refractivity (Wildman–Crippen MR) is 89.3 cm³/mol. The Labute approximate surface area is 175 Å². The maximum atomic E-state index is 3.41. The van der Waals surface area contributed by atoms with Crippen LogP contribution in [-0.4, -0.2) is 0 Å². The van der Waals surface area contributed by atoms with Crippen molar-refractivity contribution in [3.05, 3.63) is 46.6 Å². The van der Waals surface area contributed by atoms with E-state index in [9.17, 15) is 0 Å². The molecule has 0 fully saturated rings. The molecule has 2 aliphatic rings. The van der Waals surface area contributed by atoms with Crippen LogP contribution in [0.1, 0.15) is 79.1 Å². The van der Waals surface area contributed by atoms with Crippen LogP contribution in [0.2, 0.25) is 0 Å². The first-order valence-electron chi connectivity index (χ1n) is 8.22. The van der Waals surface area contributed by atoms with E-state index >= 15 is 0 Å². The van der Waals surface area contributed by atoms with Gasteiger partial charge in [-0.25, -0.2) is 22.3 Å². The SMILES string of the molecule is CC1=C(C)CC=[C-]1.CCCCC1=C(CCCC)CC=[C-]1.[Cl-].[Cl-].[Zr+4]. The monoisotopic (exact) mass is 430 g/mol. The van der Waals surface area contributed by atoms with Gasteiger partial charge in [0, 0.05) is 0 Å². The Balaban J connectivity index is -0.000000347. The van der Waals surface area contributed by atoms with Crippen LogP contribution in [0, 0.1) is 12.2 Å². The summed E-state index contributed by atoms with van der Waals surface area (Å²) in [6.45, 7) is 8.76. The molecule has 2 rings (SSSR count). The molecule has 0 nitrogen and oxygen atoms in total. The molecule has 3 heteroatoms. The van der Waals surface area contributed by atoms with Crippen LogP contribution in [-0.2, 0) is 26.2 Å². The van der Waals surface area contributed by atoms with Crippen molar-refractivity contribution < 1.29 is 51.0 Å². The molecule has 0 aromatic rings. The zero-order valence-electron chi connectivity index (χ0n) is 15.1. The largest absolute Gasteiger partial charge is 4.00 e. The summed E-state index contributed by atoms with van der Waals surface area (Å²) < 4.78 is 0. The minimum Gasteiger partial charge on any atom is -1.00 e. The van der Waals surface area contributed by atoms with Crippen LogP contribution >= 0.6 is 0 Å². The van der Waals surface area contributed by atoms with Crippen LogP contribution in [0.5, 0.6) is 0 Å². The second-order valence-corrected chi connectivity index (χ2v) is 5.80. The Morgan fingerprint density at radius 1 is 0.870 bits per heavy atom. The van der Waals surface area contributed by atoms with Gasteiger partial charge < -0.3 is 24.8 Å². The number of hydrogen-bond acceptors (Lipinski definition) is 0. The fourth-order valence-corrected chi connectivity index (χ4v) is 2.40. The van der Waals surface area contributed by atoms with Crippen LogP contribution in [0.25, 0.3) is 0 Å². The van der Waals surface area contributed by atoms with Crippen molar-refractivity contribution in [2.75, 3.05) is 0 Å². The minimum absolute atomic E-state index is 0. The fraction of sp³-hybridized carbons (Fsp3) is 0.600. The molecule has 0 aromatic carbocycles. The van der Waals surface area contributed by atoms with E-state index in [1.807, 2.05) is 0 Å². The smallest absolute Gasteiger partial charge is 1.00 e. The molecule has 0 amide bonds. The van der Waals surface area contributed by atoms with E-state index < -0.39 is 0 Å². The summed E-state index contributed by atoms with van der Waals surface area (Å²) in [6, 6.07) is 0. The van der Waals surface area contributed by atoms with Crippen molar-refractivity contribution in [2.24, 2.45) is 0 Å². The molecule has 0 saturated carbocycles. The average molecular weight is 433 g/mol. The number of rotatable bonds is 6. The molecule has 0 spiro atoms. The van der Waals surface area contributed by atoms with Crippen LogP contribution < -0.4 is 24.8 Å². The van der Waals surface area contributed by atoms with Gasteiger partial charge in [-0.1, -0.05) is 72.1 Å². The Bertz CT molecular complexity index is 417. The van der Waals surface area contributed by atoms with E-state index in [4.69, 9.17) is 0 Å². The van der Waals surface area contributed by atoms with Gasteiger partial charge in [-0.15, -0.1) is 6.92 Å². The van der Waals surface area contributed by atoms with E-state index in [1.165, 1.54) is 61.7 Å². The molecule has 0 saturated heterocycles. The third-order valence-electron chi connectivity index (χ3n) is 4.03. The molecule has 0 N–H and O–H groups in total. The maximum absolute atomic E-state index is 3.41. The molecular weight excluding hydrogens is 402 g/mol. The Morgan fingerprint density at radius 3 is 1.87 bits per heavy atom. The number of halogens is 2. The van der Waals surface area contributed by atoms with E-state index in [0.717, 1.165) is 6.42 Å². The Kier molecular flexibility index (Phi) is 21.2. The van der Waals surface area contributed by atoms with Gasteiger partial charge in [0.2, 0.25) is 0 Å². The summed E-state index contributed by atoms with van der Waals surface area (Å²) >= 11 is 0. The molecule has 0 aromatic heterocycles. The van der Waals surface area contributed by atoms with E-state index in [1.54, 1.807) is 5.57 Å². The van der Waals surface area contributed by atoms with Gasteiger partial charge in [-0.3, -0.25) is 12.2 Å². The second kappa shape index (κ2) is 17.3. The molecule has 0 heterocycles. The summed E-state index contributed by atoms with van der Waals surface area (Å²) in [5, 5.41) is 0. The van der Waals surface area contributed by atoms with Gasteiger partial charge in [0.1, 0.15) is 0 Å². The second-order valence-electron chi connectivity index (χ2n) is 5.80. The predicted octanol–water partition coefficient (Wildman–Crippen LogP) is 0.518. The number of hydrogen-bond donors (Lipinski definition) is 0. The summed E-state index contributed by atoms with van der Waals surface area (Å²) in [5.41, 5.74) is 5.96. The van der Waals surface area contributed by atoms with E-state index in [0.29, 0.717) is 0 Å². The quantitative estimate of drug-likeness (QED) is 0.537. The molecule has 0 unspecified atom stereocenters. The standard InChI is InChI=1S/C13H21.C7H9.2ClH.Zr/c1-3-5-8-12-10-7-11-13(12)9-6-4-2;1-6-4-3-5-7(6)2;;;/h7H,3-6,8-10H2,1-2H3;3H,4H2,1-2H3;2*1H;/q2*-1;;;+4/p-2. The van der Waals surface area contributed by atoms with Crippen molar-refractivity contribution in [1.29, 1.82) is 0 Å². The van der Waals surface area contributed by atoms with Crippen molar-refractivity contribution >= 4 is 0 Å². The first-order chi connectivity index (χ1) is 9.69. The van der Waals surface area contributed by atoms with Gasteiger partial charge >= 0.3 is 26.2 Å². The molecule has 0 bridgehead atoms. The third-order valence-corrected chi connectivity index (χ3v) is 4.03. The molecule has 2 aliphatic carbocycles. The topological polar surface area (TPSA) is 0 Å². The molecule has 128 valence electrons. The Morgan fingerprint density at radius 2 is 1.43 bits per heavy atom. The molecule has 23 heavy (non-hydrogen) atoms. The van der Waals surface area contributed by atoms with Gasteiger partial charge in [-0.05, 0) is 0 Å². The first-order valence-corrected chi connectivity index (χ1v) is 8.22. The zero-order chi connectivity index (χ0) is 14.8. The molecule has 0 radical (unpaired) electrons. The van der Waals surface area contributed by atoms with Gasteiger partial charge in [0.25, 0.3) is 0 Å². The normalized spacial score (nSPS) is 14.8. The van der Waals surface area contributed by atoms with E-state index in [-0.39, 0.29) is 51.0 Å². The van der Waals surface area contributed by atoms with Crippen LogP contribution in [0.4, 0.5) is 0 Å². The van der Waals surface area contributed by atoms with Crippen LogP contribution in [0.3, 0.4) is 0 Å². The van der Waals surface area contributed by atoms with Gasteiger partial charge in [0.15, 0.2) is 0 Å². The zero-order valence-corrected chi connectivity index (χ0v) is 19.0. The summed E-state index contributed by atoms with van der Waals surface area (Å²) in [5.74, 6) is 0. The first kappa shape index (κ1) is 28.2. The van der Waals surface area contributed by atoms with E-state index in [2.05, 4.69) is 52.0 Å².